The van der Waals surface area contributed by atoms with Crippen molar-refractivity contribution >= 4 is 22.4 Å². The van der Waals surface area contributed by atoms with Crippen LogP contribution < -0.4 is 5.32 Å². The number of benzene rings is 2. The summed E-state index contributed by atoms with van der Waals surface area (Å²) in [6.45, 7) is 2.97. The van der Waals surface area contributed by atoms with E-state index in [1.165, 1.54) is 33.6 Å². The maximum atomic E-state index is 13.4. The quantitative estimate of drug-likeness (QED) is 0.695. The van der Waals surface area contributed by atoms with E-state index in [-0.39, 0.29) is 11.8 Å². The number of carbonyl (C=O) groups excluding carboxylic acids is 1. The van der Waals surface area contributed by atoms with Crippen LogP contribution in [-0.2, 0) is 17.8 Å². The predicted molar refractivity (Wildman–Crippen MR) is 115 cm³/mol. The molecule has 1 N–H and O–H groups in total. The number of nitrogens with zero attached hydrogens (tertiary/aromatic N) is 2. The van der Waals surface area contributed by atoms with E-state index < -0.39 is 5.41 Å². The van der Waals surface area contributed by atoms with Crippen molar-refractivity contribution in [1.29, 1.82) is 0 Å². The summed E-state index contributed by atoms with van der Waals surface area (Å²) in [7, 11) is 4.15. The van der Waals surface area contributed by atoms with Gasteiger partial charge in [0.15, 0.2) is 5.13 Å². The van der Waals surface area contributed by atoms with Gasteiger partial charge in [-0.2, -0.15) is 0 Å². The van der Waals surface area contributed by atoms with Gasteiger partial charge in [0, 0.05) is 24.0 Å². The Kier molecular flexibility index (Phi) is 5.04. The number of anilines is 1. The van der Waals surface area contributed by atoms with Gasteiger partial charge in [-0.25, -0.2) is 4.98 Å². The van der Waals surface area contributed by atoms with Gasteiger partial charge >= 0.3 is 0 Å². The van der Waals surface area contributed by atoms with E-state index in [4.69, 9.17) is 0 Å². The molecule has 0 radical (unpaired) electrons. The van der Waals surface area contributed by atoms with Gasteiger partial charge in [-0.05, 0) is 49.7 Å². The number of hydrogen-bond donors (Lipinski definition) is 1. The molecule has 0 aliphatic heterocycles. The largest absolute Gasteiger partial charge is 0.305 e. The average Bonchev–Trinajstić information content (AvgIpc) is 3.27. The fourth-order valence-corrected chi connectivity index (χ4v) is 4.83. The van der Waals surface area contributed by atoms with E-state index in [0.717, 1.165) is 13.0 Å². The van der Waals surface area contributed by atoms with Crippen LogP contribution in [0.3, 0.4) is 0 Å². The fourth-order valence-electron chi connectivity index (χ4n) is 4.31. The van der Waals surface area contributed by atoms with E-state index in [2.05, 4.69) is 78.7 Å². The van der Waals surface area contributed by atoms with E-state index in [0.29, 0.717) is 5.13 Å². The first-order valence-corrected chi connectivity index (χ1v) is 10.4. The molecule has 1 amide bonds. The summed E-state index contributed by atoms with van der Waals surface area (Å²) in [6, 6.07) is 17.1. The third-order valence-electron chi connectivity index (χ3n) is 5.52. The van der Waals surface area contributed by atoms with Crippen molar-refractivity contribution in [2.24, 2.45) is 5.41 Å². The Labute approximate surface area is 170 Å². The van der Waals surface area contributed by atoms with E-state index in [1.807, 2.05) is 11.4 Å². The standard InChI is InChI=1S/C23H25N3OS/c1-23(21(27)25-22-24-11-12-28-22)14-18-10-9-16(15-26(2)3)13-19(18)20(23)17-7-5-4-6-8-17/h4-13,20H,14-15H2,1-3H3,(H,24,25,27)/t20-,23+/m0/s1. The van der Waals surface area contributed by atoms with Crippen LogP contribution in [0.5, 0.6) is 0 Å². The minimum Gasteiger partial charge on any atom is -0.305 e. The van der Waals surface area contributed by atoms with Crippen molar-refractivity contribution < 1.29 is 4.79 Å². The number of fused-ring (bicyclic) bond motifs is 1. The molecule has 0 saturated heterocycles. The number of thiazole rings is 1. The second-order valence-corrected chi connectivity index (χ2v) is 8.89. The first kappa shape index (κ1) is 18.8. The third kappa shape index (κ3) is 3.48. The van der Waals surface area contributed by atoms with Crippen LogP contribution in [0.2, 0.25) is 0 Å². The first-order valence-electron chi connectivity index (χ1n) is 9.50. The number of rotatable bonds is 5. The molecular weight excluding hydrogens is 366 g/mol. The molecule has 0 fully saturated rings. The van der Waals surface area contributed by atoms with Gasteiger partial charge in [-0.3, -0.25) is 4.79 Å². The van der Waals surface area contributed by atoms with Crippen LogP contribution in [-0.4, -0.2) is 29.9 Å². The zero-order valence-corrected chi connectivity index (χ0v) is 17.3. The highest BCUT2D eigenvalue weighted by atomic mass is 32.1. The van der Waals surface area contributed by atoms with E-state index in [1.54, 1.807) is 6.20 Å². The topological polar surface area (TPSA) is 45.2 Å². The van der Waals surface area contributed by atoms with Crippen molar-refractivity contribution in [1.82, 2.24) is 9.88 Å². The normalized spacial score (nSPS) is 20.9. The van der Waals surface area contributed by atoms with Crippen LogP contribution in [0.15, 0.2) is 60.1 Å². The van der Waals surface area contributed by atoms with Crippen molar-refractivity contribution in [2.45, 2.75) is 25.8 Å². The lowest BCUT2D eigenvalue weighted by molar-refractivity contribution is -0.125. The van der Waals surface area contributed by atoms with Gasteiger partial charge in [0.25, 0.3) is 0 Å². The van der Waals surface area contributed by atoms with Crippen LogP contribution in [0.25, 0.3) is 0 Å². The zero-order chi connectivity index (χ0) is 19.7. The van der Waals surface area contributed by atoms with Crippen molar-refractivity contribution in [3.63, 3.8) is 0 Å². The van der Waals surface area contributed by atoms with Gasteiger partial charge in [-0.1, -0.05) is 48.5 Å². The average molecular weight is 392 g/mol. The SMILES string of the molecule is CN(C)Cc1ccc2c(c1)[C@H](c1ccccc1)[C@](C)(C(=O)Nc1nccs1)C2. The van der Waals surface area contributed by atoms with Crippen LogP contribution in [0.4, 0.5) is 5.13 Å². The molecule has 1 aliphatic rings. The lowest BCUT2D eigenvalue weighted by Gasteiger charge is -2.31. The smallest absolute Gasteiger partial charge is 0.233 e. The second-order valence-electron chi connectivity index (χ2n) is 8.00. The summed E-state index contributed by atoms with van der Waals surface area (Å²) in [5, 5.41) is 5.58. The van der Waals surface area contributed by atoms with Crippen molar-refractivity contribution in [3.8, 4) is 0 Å². The Morgan fingerprint density at radius 2 is 2.04 bits per heavy atom. The number of nitrogens with one attached hydrogen (secondary N) is 1. The molecule has 3 aromatic rings. The molecule has 0 spiro atoms. The third-order valence-corrected chi connectivity index (χ3v) is 6.21. The van der Waals surface area contributed by atoms with Crippen LogP contribution in [0.1, 0.15) is 35.1 Å². The highest BCUT2D eigenvalue weighted by Crippen LogP contribution is 2.51. The molecule has 0 unspecified atom stereocenters. The van der Waals surface area contributed by atoms with Gasteiger partial charge in [0.2, 0.25) is 5.91 Å². The van der Waals surface area contributed by atoms with Gasteiger partial charge in [0.05, 0.1) is 5.41 Å². The van der Waals surface area contributed by atoms with Gasteiger partial charge in [0.1, 0.15) is 0 Å². The molecule has 0 bridgehead atoms. The fraction of sp³-hybridized carbons (Fsp3) is 0.304. The van der Waals surface area contributed by atoms with Crippen LogP contribution >= 0.6 is 11.3 Å². The lowest BCUT2D eigenvalue weighted by Crippen LogP contribution is -2.37. The maximum Gasteiger partial charge on any atom is 0.233 e. The molecule has 28 heavy (non-hydrogen) atoms. The predicted octanol–water partition coefficient (Wildman–Crippen LogP) is 4.54. The molecule has 4 rings (SSSR count). The summed E-state index contributed by atoms with van der Waals surface area (Å²) in [4.78, 5) is 19.8. The minimum atomic E-state index is -0.563. The molecule has 0 saturated carbocycles. The molecule has 1 aromatic heterocycles. The highest BCUT2D eigenvalue weighted by molar-refractivity contribution is 7.13. The number of amides is 1. The Hall–Kier alpha value is -2.50. The lowest BCUT2D eigenvalue weighted by atomic mass is 9.73. The summed E-state index contributed by atoms with van der Waals surface area (Å²) in [5.41, 5.74) is 4.41. The summed E-state index contributed by atoms with van der Waals surface area (Å²) in [5.74, 6) is 0.0486. The number of carbonyl (C=O) groups is 1. The first-order chi connectivity index (χ1) is 13.5. The molecule has 1 aliphatic carbocycles. The summed E-state index contributed by atoms with van der Waals surface area (Å²) < 4.78 is 0. The molecule has 5 heteroatoms. The van der Waals surface area contributed by atoms with E-state index in [9.17, 15) is 4.79 Å². The molecule has 4 nitrogen and oxygen atoms in total. The zero-order valence-electron chi connectivity index (χ0n) is 16.5. The Bertz CT molecular complexity index is 969. The minimum absolute atomic E-state index is 0.0192. The number of hydrogen-bond acceptors (Lipinski definition) is 4. The van der Waals surface area contributed by atoms with Gasteiger partial charge < -0.3 is 10.2 Å². The summed E-state index contributed by atoms with van der Waals surface area (Å²) >= 11 is 1.45. The van der Waals surface area contributed by atoms with Gasteiger partial charge in [-0.15, -0.1) is 11.3 Å². The maximum absolute atomic E-state index is 13.4. The summed E-state index contributed by atoms with van der Waals surface area (Å²) in [6.07, 6.45) is 2.44. The van der Waals surface area contributed by atoms with Crippen molar-refractivity contribution in [3.05, 3.63) is 82.4 Å². The Morgan fingerprint density at radius 3 is 2.71 bits per heavy atom. The molecule has 2 atom stereocenters. The van der Waals surface area contributed by atoms with Crippen molar-refractivity contribution in [2.75, 3.05) is 19.4 Å². The van der Waals surface area contributed by atoms with Crippen LogP contribution in [0, 0.1) is 5.41 Å². The number of aromatic nitrogens is 1. The molecule has 2 aromatic carbocycles. The molecule has 1 heterocycles. The molecular formula is C23H25N3OS. The highest BCUT2D eigenvalue weighted by Gasteiger charge is 2.48. The van der Waals surface area contributed by atoms with E-state index >= 15 is 0 Å². The Balaban J connectivity index is 1.76. The monoisotopic (exact) mass is 391 g/mol. The molecule has 144 valence electrons. The Morgan fingerprint density at radius 1 is 1.25 bits per heavy atom. The second kappa shape index (κ2) is 7.49.